The number of unbranched alkanes of at least 4 members (excludes halogenated alkanes) is 7. The van der Waals surface area contributed by atoms with E-state index in [-0.39, 0.29) is 0 Å². The smallest absolute Gasteiger partial charge is 0.0146 e. The van der Waals surface area contributed by atoms with Crippen LogP contribution >= 0.6 is 0 Å². The lowest BCUT2D eigenvalue weighted by molar-refractivity contribution is 0.575. The molecule has 0 aliphatic heterocycles. The van der Waals surface area contributed by atoms with Crippen molar-refractivity contribution in [2.45, 2.75) is 104 Å². The Hall–Kier alpha value is -0.780. The molecule has 0 saturated carbocycles. The highest BCUT2D eigenvalue weighted by atomic mass is 14.1. The Bertz CT molecular complexity index is 378. The molecule has 0 nitrogen and oxygen atoms in total. The molecule has 0 aromatic heterocycles. The fourth-order valence-corrected chi connectivity index (χ4v) is 3.34. The van der Waals surface area contributed by atoms with Crippen LogP contribution in [0.15, 0.2) is 12.1 Å². The van der Waals surface area contributed by atoms with E-state index in [1.165, 1.54) is 89.0 Å². The average Bonchev–Trinajstić information content (AvgIpc) is 2.53. The second-order valence-corrected chi connectivity index (χ2v) is 6.68. The average molecular weight is 302 g/mol. The van der Waals surface area contributed by atoms with Crippen LogP contribution in [0.5, 0.6) is 0 Å². The van der Waals surface area contributed by atoms with E-state index in [1.807, 2.05) is 0 Å². The highest BCUT2D eigenvalue weighted by Crippen LogP contribution is 2.21. The third kappa shape index (κ3) is 7.47. The fraction of sp³-hybridized carbons (Fsp3) is 0.727. The standard InChI is InChI=1S/C22H37/c1-4-7-8-9-10-11-12-13-17-21-19-14-18-20(15-5-2)22(21)16-6-3/h14,19H,4-13,15-17H2,1-3H3. The Labute approximate surface area is 139 Å². The van der Waals surface area contributed by atoms with Crippen LogP contribution in [0, 0.1) is 6.07 Å². The summed E-state index contributed by atoms with van der Waals surface area (Å²) in [6.07, 6.45) is 17.5. The number of hydrogen-bond acceptors (Lipinski definition) is 0. The zero-order valence-corrected chi connectivity index (χ0v) is 15.3. The maximum Gasteiger partial charge on any atom is -0.0146 e. The molecule has 0 bridgehead atoms. The monoisotopic (exact) mass is 301 g/mol. The summed E-state index contributed by atoms with van der Waals surface area (Å²) in [5.41, 5.74) is 4.71. The van der Waals surface area contributed by atoms with Crippen molar-refractivity contribution in [1.29, 1.82) is 0 Å². The van der Waals surface area contributed by atoms with Gasteiger partial charge in [-0.05, 0) is 48.4 Å². The minimum atomic E-state index is 1.20. The molecule has 22 heavy (non-hydrogen) atoms. The number of aryl methyl sites for hydroxylation is 2. The van der Waals surface area contributed by atoms with Gasteiger partial charge in [0.05, 0.1) is 0 Å². The van der Waals surface area contributed by atoms with Gasteiger partial charge in [0.25, 0.3) is 0 Å². The summed E-state index contributed by atoms with van der Waals surface area (Å²) in [7, 11) is 0. The molecule has 1 radical (unpaired) electrons. The van der Waals surface area contributed by atoms with E-state index in [2.05, 4.69) is 39.0 Å². The van der Waals surface area contributed by atoms with Gasteiger partial charge in [0, 0.05) is 0 Å². The molecule has 1 aromatic rings. The summed E-state index contributed by atoms with van der Waals surface area (Å²) in [4.78, 5) is 0. The van der Waals surface area contributed by atoms with Gasteiger partial charge in [0.1, 0.15) is 0 Å². The van der Waals surface area contributed by atoms with Gasteiger partial charge in [-0.2, -0.15) is 0 Å². The summed E-state index contributed by atoms with van der Waals surface area (Å²) in [6.45, 7) is 6.86. The van der Waals surface area contributed by atoms with Crippen molar-refractivity contribution in [3.05, 3.63) is 34.9 Å². The molecule has 0 N–H and O–H groups in total. The first kappa shape index (κ1) is 19.3. The van der Waals surface area contributed by atoms with E-state index in [1.54, 1.807) is 11.1 Å². The fourth-order valence-electron chi connectivity index (χ4n) is 3.34. The van der Waals surface area contributed by atoms with Gasteiger partial charge in [-0.25, -0.2) is 0 Å². The van der Waals surface area contributed by atoms with Gasteiger partial charge in [-0.1, -0.05) is 90.7 Å². The quantitative estimate of drug-likeness (QED) is 0.342. The molecule has 0 heterocycles. The van der Waals surface area contributed by atoms with Crippen molar-refractivity contribution < 1.29 is 0 Å². The summed E-state index contributed by atoms with van der Waals surface area (Å²) in [6, 6.07) is 7.98. The SMILES string of the molecule is CCCCCCCCCCc1cc[c]c(CCC)c1CCC. The van der Waals surface area contributed by atoms with Crippen LogP contribution in [0.25, 0.3) is 0 Å². The summed E-state index contributed by atoms with van der Waals surface area (Å²) in [5.74, 6) is 0. The second kappa shape index (κ2) is 12.7. The van der Waals surface area contributed by atoms with Gasteiger partial charge in [-0.3, -0.25) is 0 Å². The van der Waals surface area contributed by atoms with E-state index in [0.717, 1.165) is 0 Å². The molecule has 125 valence electrons. The zero-order valence-electron chi connectivity index (χ0n) is 15.3. The largest absolute Gasteiger partial charge is 0.0654 e. The Morgan fingerprint density at radius 3 is 1.95 bits per heavy atom. The maximum absolute atomic E-state index is 3.49. The minimum Gasteiger partial charge on any atom is -0.0654 e. The number of benzene rings is 1. The molecule has 0 fully saturated rings. The number of rotatable bonds is 13. The van der Waals surface area contributed by atoms with Crippen LogP contribution in [0.3, 0.4) is 0 Å². The normalized spacial score (nSPS) is 11.0. The topological polar surface area (TPSA) is 0 Å². The van der Waals surface area contributed by atoms with Gasteiger partial charge in [0.15, 0.2) is 0 Å². The molecule has 0 spiro atoms. The molecule has 0 aliphatic carbocycles. The van der Waals surface area contributed by atoms with Crippen molar-refractivity contribution in [2.24, 2.45) is 0 Å². The molecule has 1 rings (SSSR count). The van der Waals surface area contributed by atoms with Crippen LogP contribution in [-0.4, -0.2) is 0 Å². The van der Waals surface area contributed by atoms with Gasteiger partial charge in [-0.15, -0.1) is 0 Å². The Kier molecular flexibility index (Phi) is 11.2. The third-order valence-corrected chi connectivity index (χ3v) is 4.59. The van der Waals surface area contributed by atoms with E-state index < -0.39 is 0 Å². The first-order valence-corrected chi connectivity index (χ1v) is 9.84. The van der Waals surface area contributed by atoms with Crippen LogP contribution in [0.2, 0.25) is 0 Å². The summed E-state index contributed by atoms with van der Waals surface area (Å²) >= 11 is 0. The maximum atomic E-state index is 3.49. The lowest BCUT2D eigenvalue weighted by Gasteiger charge is -2.14. The predicted octanol–water partition coefficient (Wildman–Crippen LogP) is 7.07. The summed E-state index contributed by atoms with van der Waals surface area (Å²) < 4.78 is 0. The molecular weight excluding hydrogens is 264 g/mol. The molecular formula is C22H37. The van der Waals surface area contributed by atoms with E-state index >= 15 is 0 Å². The minimum absolute atomic E-state index is 1.20. The first-order valence-electron chi connectivity index (χ1n) is 9.84. The summed E-state index contributed by atoms with van der Waals surface area (Å²) in [5, 5.41) is 0. The Morgan fingerprint density at radius 2 is 1.32 bits per heavy atom. The van der Waals surface area contributed by atoms with Crippen molar-refractivity contribution in [3.8, 4) is 0 Å². The molecule has 0 unspecified atom stereocenters. The number of hydrogen-bond donors (Lipinski definition) is 0. The van der Waals surface area contributed by atoms with Crippen LogP contribution in [0.4, 0.5) is 0 Å². The van der Waals surface area contributed by atoms with Crippen LogP contribution in [0.1, 0.15) is 102 Å². The van der Waals surface area contributed by atoms with Crippen LogP contribution < -0.4 is 0 Å². The third-order valence-electron chi connectivity index (χ3n) is 4.59. The van der Waals surface area contributed by atoms with Crippen molar-refractivity contribution in [2.75, 3.05) is 0 Å². The zero-order chi connectivity index (χ0) is 16.0. The molecule has 0 atom stereocenters. The van der Waals surface area contributed by atoms with E-state index in [4.69, 9.17) is 0 Å². The molecule has 0 saturated heterocycles. The second-order valence-electron chi connectivity index (χ2n) is 6.68. The Morgan fingerprint density at radius 1 is 0.682 bits per heavy atom. The molecule has 0 heteroatoms. The molecule has 0 aliphatic rings. The highest BCUT2D eigenvalue weighted by molar-refractivity contribution is 5.35. The Balaban J connectivity index is 2.36. The lowest BCUT2D eigenvalue weighted by atomic mass is 9.91. The molecule has 1 aromatic carbocycles. The van der Waals surface area contributed by atoms with Crippen LogP contribution in [-0.2, 0) is 19.3 Å². The van der Waals surface area contributed by atoms with Crippen molar-refractivity contribution >= 4 is 0 Å². The van der Waals surface area contributed by atoms with E-state index in [0.29, 0.717) is 0 Å². The highest BCUT2D eigenvalue weighted by Gasteiger charge is 2.07. The predicted molar refractivity (Wildman–Crippen MR) is 99.6 cm³/mol. The van der Waals surface area contributed by atoms with Gasteiger partial charge in [0.2, 0.25) is 0 Å². The first-order chi connectivity index (χ1) is 10.8. The van der Waals surface area contributed by atoms with Gasteiger partial charge >= 0.3 is 0 Å². The van der Waals surface area contributed by atoms with E-state index in [9.17, 15) is 0 Å². The van der Waals surface area contributed by atoms with Gasteiger partial charge < -0.3 is 0 Å². The van der Waals surface area contributed by atoms with Crippen molar-refractivity contribution in [3.63, 3.8) is 0 Å². The lowest BCUT2D eigenvalue weighted by Crippen LogP contribution is -2.01. The van der Waals surface area contributed by atoms with Crippen molar-refractivity contribution in [1.82, 2.24) is 0 Å². The molecule has 0 amide bonds.